The van der Waals surface area contributed by atoms with E-state index in [-0.39, 0.29) is 11.8 Å². The lowest BCUT2D eigenvalue weighted by Gasteiger charge is -2.33. The van der Waals surface area contributed by atoms with Crippen LogP contribution >= 0.6 is 0 Å². The smallest absolute Gasteiger partial charge is 0.371 e. The molecule has 0 saturated heterocycles. The van der Waals surface area contributed by atoms with Crippen molar-refractivity contribution >= 4 is 0 Å². The molecule has 21 heavy (non-hydrogen) atoms. The van der Waals surface area contributed by atoms with Gasteiger partial charge in [0.25, 0.3) is 0 Å². The number of halogens is 8. The molecular formula is C12H12F8O. The Morgan fingerprint density at radius 3 is 2.05 bits per heavy atom. The number of hydrogen-bond acceptors (Lipinski definition) is 1. The number of hydrogen-bond donors (Lipinski definition) is 0. The van der Waals surface area contributed by atoms with E-state index in [4.69, 9.17) is 0 Å². The average Bonchev–Trinajstić information content (AvgIpc) is 2.97. The second-order valence-corrected chi connectivity index (χ2v) is 5.33. The van der Waals surface area contributed by atoms with Gasteiger partial charge < -0.3 is 4.74 Å². The molecule has 0 amide bonds. The molecule has 2 rings (SSSR count). The molecule has 9 heteroatoms. The molecule has 0 radical (unpaired) electrons. The predicted molar refractivity (Wildman–Crippen MR) is 55.9 cm³/mol. The minimum Gasteiger partial charge on any atom is -0.371 e. The van der Waals surface area contributed by atoms with Gasteiger partial charge in [-0.15, -0.1) is 0 Å². The maximum absolute atomic E-state index is 13.2. The minimum atomic E-state index is -6.19. The zero-order chi connectivity index (χ0) is 16.1. The summed E-state index contributed by atoms with van der Waals surface area (Å²) in [6.45, 7) is -2.02. The van der Waals surface area contributed by atoms with E-state index >= 15 is 0 Å². The summed E-state index contributed by atoms with van der Waals surface area (Å²) in [6, 6.07) is 0. The largest absolute Gasteiger partial charge is 0.380 e. The van der Waals surface area contributed by atoms with Gasteiger partial charge in [-0.1, -0.05) is 12.2 Å². The number of fused-ring (bicyclic) bond motifs is 2. The third kappa shape index (κ3) is 2.64. The zero-order valence-corrected chi connectivity index (χ0v) is 10.5. The van der Waals surface area contributed by atoms with Crippen molar-refractivity contribution in [1.82, 2.24) is 0 Å². The lowest BCUT2D eigenvalue weighted by molar-refractivity contribution is -0.347. The summed E-state index contributed by atoms with van der Waals surface area (Å²) < 4.78 is 106. The molecule has 0 spiro atoms. The van der Waals surface area contributed by atoms with Gasteiger partial charge in [-0.05, 0) is 18.8 Å². The molecule has 2 bridgehead atoms. The fourth-order valence-corrected chi connectivity index (χ4v) is 2.61. The molecule has 2 aliphatic rings. The van der Waals surface area contributed by atoms with E-state index in [9.17, 15) is 35.1 Å². The van der Waals surface area contributed by atoms with Crippen LogP contribution in [0.3, 0.4) is 0 Å². The molecule has 0 N–H and O–H groups in total. The number of allylic oxidation sites excluding steroid dienone is 1. The molecular weight excluding hydrogens is 312 g/mol. The molecule has 1 fully saturated rings. The highest BCUT2D eigenvalue weighted by atomic mass is 19.4. The average molecular weight is 324 g/mol. The summed E-state index contributed by atoms with van der Waals surface area (Å²) >= 11 is 0. The highest BCUT2D eigenvalue weighted by molar-refractivity contribution is 5.11. The van der Waals surface area contributed by atoms with E-state index in [0.29, 0.717) is 12.8 Å². The van der Waals surface area contributed by atoms with Gasteiger partial charge in [-0.25, -0.2) is 8.78 Å². The van der Waals surface area contributed by atoms with Crippen molar-refractivity contribution in [3.05, 3.63) is 12.2 Å². The molecule has 3 unspecified atom stereocenters. The van der Waals surface area contributed by atoms with Crippen LogP contribution in [0.5, 0.6) is 0 Å². The van der Waals surface area contributed by atoms with Gasteiger partial charge in [0.05, 0.1) is 6.10 Å². The number of alkyl halides is 8. The summed E-state index contributed by atoms with van der Waals surface area (Å²) in [7, 11) is 0. The monoisotopic (exact) mass is 324 g/mol. The number of ether oxygens (including phenoxy) is 1. The third-order valence-electron chi connectivity index (χ3n) is 3.85. The van der Waals surface area contributed by atoms with E-state index in [0.717, 1.165) is 0 Å². The Balaban J connectivity index is 2.02. The van der Waals surface area contributed by atoms with Gasteiger partial charge in [0.2, 0.25) is 0 Å². The summed E-state index contributed by atoms with van der Waals surface area (Å²) in [6.07, 6.45) is -1.20. The Morgan fingerprint density at radius 2 is 1.62 bits per heavy atom. The summed E-state index contributed by atoms with van der Waals surface area (Å²) in [5.74, 6) is -17.8. The third-order valence-corrected chi connectivity index (χ3v) is 3.85. The fourth-order valence-electron chi connectivity index (χ4n) is 2.61. The Labute approximate surface area is 114 Å². The van der Waals surface area contributed by atoms with Crippen LogP contribution in [0.2, 0.25) is 0 Å². The van der Waals surface area contributed by atoms with Crippen molar-refractivity contribution in [2.24, 2.45) is 11.8 Å². The van der Waals surface area contributed by atoms with Gasteiger partial charge >= 0.3 is 24.2 Å². The van der Waals surface area contributed by atoms with Crippen molar-refractivity contribution in [2.75, 3.05) is 6.61 Å². The van der Waals surface area contributed by atoms with Crippen molar-refractivity contribution < 1.29 is 39.9 Å². The first-order valence-corrected chi connectivity index (χ1v) is 6.20. The first-order valence-electron chi connectivity index (χ1n) is 6.20. The molecule has 0 aromatic carbocycles. The van der Waals surface area contributed by atoms with Crippen LogP contribution in [0, 0.1) is 11.8 Å². The predicted octanol–water partition coefficient (Wildman–Crippen LogP) is 4.14. The summed E-state index contributed by atoms with van der Waals surface area (Å²) in [5, 5.41) is 0. The lowest BCUT2D eigenvalue weighted by Crippen LogP contribution is -2.59. The Hall–Kier alpha value is -0.860. The molecule has 2 aliphatic carbocycles. The van der Waals surface area contributed by atoms with E-state index in [1.54, 1.807) is 6.08 Å². The normalized spacial score (nSPS) is 29.7. The summed E-state index contributed by atoms with van der Waals surface area (Å²) in [5.41, 5.74) is 0. The van der Waals surface area contributed by atoms with Crippen LogP contribution in [0.15, 0.2) is 12.2 Å². The van der Waals surface area contributed by atoms with E-state index < -0.39 is 36.9 Å². The fraction of sp³-hybridized carbons (Fsp3) is 0.833. The molecule has 0 aliphatic heterocycles. The molecule has 1 nitrogen and oxygen atoms in total. The van der Waals surface area contributed by atoms with Gasteiger partial charge in [0, 0.05) is 5.92 Å². The second-order valence-electron chi connectivity index (χ2n) is 5.33. The molecule has 0 heterocycles. The Kier molecular flexibility index (Phi) is 4.01. The SMILES string of the molecule is FC(F)C(F)(F)C(F)(F)C(F)(F)COC1CC2C=CC1C2. The van der Waals surface area contributed by atoms with Gasteiger partial charge in [-0.3, -0.25) is 0 Å². The quantitative estimate of drug-likeness (QED) is 0.527. The van der Waals surface area contributed by atoms with Crippen molar-refractivity contribution in [1.29, 1.82) is 0 Å². The van der Waals surface area contributed by atoms with Crippen molar-refractivity contribution in [2.45, 2.75) is 43.1 Å². The lowest BCUT2D eigenvalue weighted by atomic mass is 10.0. The second kappa shape index (κ2) is 5.10. The maximum atomic E-state index is 13.2. The minimum absolute atomic E-state index is 0.0941. The van der Waals surface area contributed by atoms with E-state index in [1.807, 2.05) is 6.08 Å². The van der Waals surface area contributed by atoms with Crippen molar-refractivity contribution in [3.63, 3.8) is 0 Å². The molecule has 122 valence electrons. The molecule has 0 aromatic rings. The van der Waals surface area contributed by atoms with Crippen LogP contribution in [-0.4, -0.2) is 36.9 Å². The van der Waals surface area contributed by atoms with E-state index in [1.165, 1.54) is 0 Å². The Bertz CT molecular complexity index is 419. The Morgan fingerprint density at radius 1 is 1.00 bits per heavy atom. The number of rotatable bonds is 6. The van der Waals surface area contributed by atoms with Crippen LogP contribution in [0.1, 0.15) is 12.8 Å². The molecule has 0 aromatic heterocycles. The topological polar surface area (TPSA) is 9.23 Å². The standard InChI is InChI=1S/C12H12F8O/c13-9(14)11(17,18)12(19,20)10(15,16)5-21-8-4-6-1-2-7(8)3-6/h1-2,6-9H,3-5H2. The highest BCUT2D eigenvalue weighted by Crippen LogP contribution is 2.49. The van der Waals surface area contributed by atoms with Crippen LogP contribution < -0.4 is 0 Å². The van der Waals surface area contributed by atoms with Gasteiger partial charge in [-0.2, -0.15) is 26.3 Å². The summed E-state index contributed by atoms with van der Waals surface area (Å²) in [4.78, 5) is 0. The molecule has 3 atom stereocenters. The first-order chi connectivity index (χ1) is 9.49. The zero-order valence-electron chi connectivity index (χ0n) is 10.5. The van der Waals surface area contributed by atoms with E-state index in [2.05, 4.69) is 4.74 Å². The van der Waals surface area contributed by atoms with Crippen LogP contribution in [0.4, 0.5) is 35.1 Å². The first kappa shape index (κ1) is 16.5. The molecule has 1 saturated carbocycles. The maximum Gasteiger partial charge on any atom is 0.380 e. The van der Waals surface area contributed by atoms with Gasteiger partial charge in [0.1, 0.15) is 6.61 Å². The van der Waals surface area contributed by atoms with Gasteiger partial charge in [0.15, 0.2) is 0 Å². The van der Waals surface area contributed by atoms with Crippen LogP contribution in [-0.2, 0) is 4.74 Å². The highest BCUT2D eigenvalue weighted by Gasteiger charge is 2.75. The van der Waals surface area contributed by atoms with Crippen LogP contribution in [0.25, 0.3) is 0 Å². The van der Waals surface area contributed by atoms with Crippen molar-refractivity contribution in [3.8, 4) is 0 Å².